The van der Waals surface area contributed by atoms with E-state index in [0.717, 1.165) is 18.4 Å². The van der Waals surface area contributed by atoms with Crippen molar-refractivity contribution in [1.29, 1.82) is 0 Å². The predicted octanol–water partition coefficient (Wildman–Crippen LogP) is 0.897. The standard InChI is InChI=1S/C4H6NOS/c1-7-4-5-2-3-6-4/h1-3H2. The van der Waals surface area contributed by atoms with Crippen LogP contribution >= 0.6 is 11.8 Å². The molecule has 0 aromatic carbocycles. The van der Waals surface area contributed by atoms with Gasteiger partial charge in [-0.25, -0.2) is 4.99 Å². The van der Waals surface area contributed by atoms with Gasteiger partial charge in [-0.3, -0.25) is 0 Å². The average Bonchev–Trinajstić information content (AvgIpc) is 2.14. The second-order valence-corrected chi connectivity index (χ2v) is 1.78. The molecule has 0 atom stereocenters. The number of thioether (sulfide) groups is 1. The minimum atomic E-state index is 0.722. The molecule has 0 N–H and O–H groups in total. The number of ether oxygens (including phenoxy) is 1. The van der Waals surface area contributed by atoms with Crippen LogP contribution in [0.15, 0.2) is 4.99 Å². The van der Waals surface area contributed by atoms with Crippen LogP contribution in [0.5, 0.6) is 0 Å². The summed E-state index contributed by atoms with van der Waals surface area (Å²) in [6.45, 7) is 1.54. The van der Waals surface area contributed by atoms with Gasteiger partial charge in [0.15, 0.2) is 0 Å². The summed E-state index contributed by atoms with van der Waals surface area (Å²) in [6.07, 6.45) is 3.53. The van der Waals surface area contributed by atoms with E-state index in [9.17, 15) is 0 Å². The molecule has 0 fully saturated rings. The van der Waals surface area contributed by atoms with Crippen LogP contribution in [0.4, 0.5) is 0 Å². The van der Waals surface area contributed by atoms with Gasteiger partial charge >= 0.3 is 0 Å². The summed E-state index contributed by atoms with van der Waals surface area (Å²) >= 11 is 1.31. The highest BCUT2D eigenvalue weighted by atomic mass is 32.2. The van der Waals surface area contributed by atoms with Crippen molar-refractivity contribution in [3.8, 4) is 0 Å². The van der Waals surface area contributed by atoms with Crippen molar-refractivity contribution in [2.75, 3.05) is 13.2 Å². The third-order valence-electron chi connectivity index (χ3n) is 0.681. The maximum Gasteiger partial charge on any atom is 0.245 e. The minimum Gasteiger partial charge on any atom is -0.471 e. The highest BCUT2D eigenvalue weighted by molar-refractivity contribution is 8.14. The fourth-order valence-electron chi connectivity index (χ4n) is 0.403. The molecule has 1 radical (unpaired) electrons. The lowest BCUT2D eigenvalue weighted by Crippen LogP contribution is -1.89. The largest absolute Gasteiger partial charge is 0.471 e. The van der Waals surface area contributed by atoms with Gasteiger partial charge in [-0.05, 0) is 0 Å². The van der Waals surface area contributed by atoms with Crippen LogP contribution in [0.3, 0.4) is 0 Å². The first kappa shape index (κ1) is 4.97. The van der Waals surface area contributed by atoms with Crippen molar-refractivity contribution in [1.82, 2.24) is 0 Å². The summed E-state index contributed by atoms with van der Waals surface area (Å²) in [5.74, 6) is 0. The van der Waals surface area contributed by atoms with Crippen molar-refractivity contribution in [3.63, 3.8) is 0 Å². The summed E-state index contributed by atoms with van der Waals surface area (Å²) < 4.78 is 4.95. The highest BCUT2D eigenvalue weighted by Gasteiger charge is 2.02. The van der Waals surface area contributed by atoms with Crippen molar-refractivity contribution in [3.05, 3.63) is 6.26 Å². The van der Waals surface area contributed by atoms with Crippen molar-refractivity contribution >= 4 is 17.0 Å². The third-order valence-corrected chi connectivity index (χ3v) is 1.18. The summed E-state index contributed by atoms with van der Waals surface area (Å²) in [6, 6.07) is 0. The van der Waals surface area contributed by atoms with E-state index in [1.807, 2.05) is 0 Å². The molecule has 3 heteroatoms. The van der Waals surface area contributed by atoms with Gasteiger partial charge in [0.05, 0.1) is 6.54 Å². The average molecular weight is 116 g/mol. The SMILES string of the molecule is [CH2]SC1=NCCO1. The number of rotatable bonds is 0. The van der Waals surface area contributed by atoms with Crippen LogP contribution in [-0.2, 0) is 4.74 Å². The highest BCUT2D eigenvalue weighted by Crippen LogP contribution is 2.06. The quantitative estimate of drug-likeness (QED) is 0.469. The second kappa shape index (κ2) is 2.21. The van der Waals surface area contributed by atoms with Gasteiger partial charge in [0.1, 0.15) is 6.61 Å². The molecule has 7 heavy (non-hydrogen) atoms. The molecule has 0 aromatic rings. The van der Waals surface area contributed by atoms with Crippen LogP contribution in [-0.4, -0.2) is 18.4 Å². The first-order valence-electron chi connectivity index (χ1n) is 2.03. The van der Waals surface area contributed by atoms with Crippen LogP contribution in [0.2, 0.25) is 0 Å². The van der Waals surface area contributed by atoms with E-state index < -0.39 is 0 Å². The zero-order valence-corrected chi connectivity index (χ0v) is 4.70. The Hall–Kier alpha value is -0.180. The Morgan fingerprint density at radius 3 is 3.00 bits per heavy atom. The Labute approximate surface area is 47.0 Å². The first-order chi connectivity index (χ1) is 3.43. The zero-order valence-electron chi connectivity index (χ0n) is 3.89. The van der Waals surface area contributed by atoms with Crippen LogP contribution in [0, 0.1) is 6.26 Å². The van der Waals surface area contributed by atoms with Gasteiger partial charge in [-0.1, -0.05) is 11.8 Å². The van der Waals surface area contributed by atoms with Gasteiger partial charge in [0, 0.05) is 6.26 Å². The molecule has 39 valence electrons. The van der Waals surface area contributed by atoms with Crippen LogP contribution in [0.1, 0.15) is 0 Å². The Bertz CT molecular complexity index is 91.7. The van der Waals surface area contributed by atoms with E-state index in [1.165, 1.54) is 11.8 Å². The molecule has 0 amide bonds. The molecule has 0 spiro atoms. The van der Waals surface area contributed by atoms with Crippen LogP contribution in [0.25, 0.3) is 0 Å². The maximum absolute atomic E-state index is 4.95. The number of hydrogen-bond acceptors (Lipinski definition) is 3. The van der Waals surface area contributed by atoms with E-state index >= 15 is 0 Å². The molecule has 0 aliphatic carbocycles. The molecule has 0 unspecified atom stereocenters. The molecular weight excluding hydrogens is 110 g/mol. The van der Waals surface area contributed by atoms with E-state index in [4.69, 9.17) is 4.74 Å². The molecule has 0 saturated heterocycles. The lowest BCUT2D eigenvalue weighted by molar-refractivity contribution is 0.356. The van der Waals surface area contributed by atoms with Crippen molar-refractivity contribution in [2.24, 2.45) is 4.99 Å². The maximum atomic E-state index is 4.95. The van der Waals surface area contributed by atoms with E-state index in [0.29, 0.717) is 0 Å². The minimum absolute atomic E-state index is 0.722. The Balaban J connectivity index is 2.36. The molecule has 1 aliphatic rings. The molecule has 1 aliphatic heterocycles. The fraction of sp³-hybridized carbons (Fsp3) is 0.500. The summed E-state index contributed by atoms with van der Waals surface area (Å²) in [5.41, 5.74) is 0. The van der Waals surface area contributed by atoms with Gasteiger partial charge in [-0.2, -0.15) is 0 Å². The molecular formula is C4H6NOS. The fourth-order valence-corrected chi connectivity index (χ4v) is 0.752. The van der Waals surface area contributed by atoms with Crippen LogP contribution < -0.4 is 0 Å². The summed E-state index contributed by atoms with van der Waals surface area (Å²) in [4.78, 5) is 3.95. The van der Waals surface area contributed by atoms with E-state index in [-0.39, 0.29) is 0 Å². The zero-order chi connectivity index (χ0) is 5.11. The normalized spacial score (nSPS) is 18.7. The lowest BCUT2D eigenvalue weighted by Gasteiger charge is -1.90. The molecule has 1 rings (SSSR count). The number of aliphatic imine (C=N–C) groups is 1. The lowest BCUT2D eigenvalue weighted by atomic mass is 10.8. The Kier molecular flexibility index (Phi) is 1.57. The monoisotopic (exact) mass is 116 g/mol. The molecule has 0 aromatic heterocycles. The Morgan fingerprint density at radius 1 is 1.86 bits per heavy atom. The number of nitrogens with zero attached hydrogens (tertiary/aromatic N) is 1. The predicted molar refractivity (Wildman–Crippen MR) is 31.2 cm³/mol. The number of hydrogen-bond donors (Lipinski definition) is 0. The van der Waals surface area contributed by atoms with E-state index in [1.54, 1.807) is 0 Å². The molecule has 1 heterocycles. The molecule has 2 nitrogen and oxygen atoms in total. The second-order valence-electron chi connectivity index (χ2n) is 1.14. The molecule has 0 saturated carbocycles. The van der Waals surface area contributed by atoms with Gasteiger partial charge < -0.3 is 4.74 Å². The van der Waals surface area contributed by atoms with Gasteiger partial charge in [0.25, 0.3) is 0 Å². The Morgan fingerprint density at radius 2 is 2.71 bits per heavy atom. The van der Waals surface area contributed by atoms with Crippen molar-refractivity contribution < 1.29 is 4.74 Å². The molecule has 0 bridgehead atoms. The van der Waals surface area contributed by atoms with Gasteiger partial charge in [-0.15, -0.1) is 0 Å². The smallest absolute Gasteiger partial charge is 0.245 e. The summed E-state index contributed by atoms with van der Waals surface area (Å²) in [5, 5.41) is 0.722. The summed E-state index contributed by atoms with van der Waals surface area (Å²) in [7, 11) is 0. The van der Waals surface area contributed by atoms with E-state index in [2.05, 4.69) is 11.2 Å². The van der Waals surface area contributed by atoms with Crippen molar-refractivity contribution in [2.45, 2.75) is 0 Å². The topological polar surface area (TPSA) is 21.6 Å². The first-order valence-corrected chi connectivity index (χ1v) is 3.01. The third kappa shape index (κ3) is 1.09. The van der Waals surface area contributed by atoms with Gasteiger partial charge in [0.2, 0.25) is 5.23 Å².